The molecular weight excluding hydrogens is 361 g/mol. The number of benzene rings is 2. The molecule has 28 heavy (non-hydrogen) atoms. The minimum atomic E-state index is -1.12. The Labute approximate surface area is 160 Å². The number of para-hydroxylation sites is 1. The fourth-order valence-corrected chi connectivity index (χ4v) is 3.45. The first-order valence-corrected chi connectivity index (χ1v) is 8.65. The largest absolute Gasteiger partial charge is 0.503 e. The summed E-state index contributed by atoms with van der Waals surface area (Å²) in [7, 11) is 0. The lowest BCUT2D eigenvalue weighted by Crippen LogP contribution is -2.32. The Morgan fingerprint density at radius 1 is 1.07 bits per heavy atom. The molecule has 0 saturated carbocycles. The molecular formula is C22H16FNO4. The summed E-state index contributed by atoms with van der Waals surface area (Å²) in [6, 6.07) is 14.7. The van der Waals surface area contributed by atoms with Crippen molar-refractivity contribution in [1.82, 2.24) is 0 Å². The Morgan fingerprint density at radius 3 is 2.46 bits per heavy atom. The maximum atomic E-state index is 14.7. The lowest BCUT2D eigenvalue weighted by atomic mass is 9.94. The van der Waals surface area contributed by atoms with Crippen LogP contribution in [0.2, 0.25) is 0 Å². The molecule has 140 valence electrons. The van der Waals surface area contributed by atoms with Crippen LogP contribution in [0.15, 0.2) is 82.7 Å². The second kappa shape index (κ2) is 6.81. The number of halogens is 1. The van der Waals surface area contributed by atoms with Crippen molar-refractivity contribution in [3.05, 3.63) is 101 Å². The number of carbonyl (C=O) groups excluding carboxylic acids is 2. The molecule has 0 aliphatic carbocycles. The molecule has 3 aromatic rings. The molecule has 5 nitrogen and oxygen atoms in total. The zero-order valence-corrected chi connectivity index (χ0v) is 14.9. The molecule has 2 aromatic carbocycles. The predicted molar refractivity (Wildman–Crippen MR) is 100 cm³/mol. The number of aryl methyl sites for hydroxylation is 1. The number of furan rings is 1. The number of hydrogen-bond donors (Lipinski definition) is 1. The molecule has 0 radical (unpaired) electrons. The van der Waals surface area contributed by atoms with Gasteiger partial charge in [0.1, 0.15) is 5.82 Å². The van der Waals surface area contributed by atoms with E-state index < -0.39 is 29.3 Å². The predicted octanol–water partition coefficient (Wildman–Crippen LogP) is 4.51. The molecule has 0 spiro atoms. The van der Waals surface area contributed by atoms with Crippen LogP contribution in [0.1, 0.15) is 27.7 Å². The van der Waals surface area contributed by atoms with Crippen molar-refractivity contribution in [2.45, 2.75) is 13.0 Å². The number of amides is 1. The zero-order chi connectivity index (χ0) is 19.8. The Hall–Kier alpha value is -3.67. The van der Waals surface area contributed by atoms with Crippen LogP contribution in [-0.2, 0) is 4.79 Å². The van der Waals surface area contributed by atoms with Crippen molar-refractivity contribution < 1.29 is 23.5 Å². The van der Waals surface area contributed by atoms with E-state index in [9.17, 15) is 19.1 Å². The van der Waals surface area contributed by atoms with Gasteiger partial charge in [0.2, 0.25) is 5.78 Å². The van der Waals surface area contributed by atoms with Crippen LogP contribution < -0.4 is 4.90 Å². The summed E-state index contributed by atoms with van der Waals surface area (Å²) < 4.78 is 19.8. The number of hydrogen-bond acceptors (Lipinski definition) is 4. The van der Waals surface area contributed by atoms with Crippen molar-refractivity contribution >= 4 is 17.4 Å². The Balaban J connectivity index is 1.94. The maximum Gasteiger partial charge on any atom is 0.294 e. The Morgan fingerprint density at radius 2 is 1.79 bits per heavy atom. The molecule has 1 aliphatic rings. The summed E-state index contributed by atoms with van der Waals surface area (Å²) >= 11 is 0. The summed E-state index contributed by atoms with van der Waals surface area (Å²) in [4.78, 5) is 27.2. The first kappa shape index (κ1) is 17.7. The molecule has 1 N–H and O–H groups in total. The van der Waals surface area contributed by atoms with E-state index in [2.05, 4.69) is 0 Å². The molecule has 0 saturated heterocycles. The molecule has 1 aliphatic heterocycles. The highest BCUT2D eigenvalue weighted by molar-refractivity contribution is 6.20. The lowest BCUT2D eigenvalue weighted by molar-refractivity contribution is -0.117. The van der Waals surface area contributed by atoms with Gasteiger partial charge >= 0.3 is 0 Å². The Bertz CT molecular complexity index is 1100. The van der Waals surface area contributed by atoms with Gasteiger partial charge in [-0.15, -0.1) is 0 Å². The van der Waals surface area contributed by atoms with Gasteiger partial charge in [0.15, 0.2) is 11.5 Å². The van der Waals surface area contributed by atoms with E-state index >= 15 is 0 Å². The highest BCUT2D eigenvalue weighted by Crippen LogP contribution is 2.43. The number of aliphatic hydroxyl groups is 1. The fraction of sp³-hybridized carbons (Fsp3) is 0.0909. The topological polar surface area (TPSA) is 70.8 Å². The number of ketones is 1. The van der Waals surface area contributed by atoms with E-state index in [1.54, 1.807) is 37.3 Å². The molecule has 2 heterocycles. The third-order valence-corrected chi connectivity index (χ3v) is 4.77. The van der Waals surface area contributed by atoms with E-state index in [0.717, 1.165) is 5.56 Å². The number of nitrogens with zero attached hydrogens (tertiary/aromatic N) is 1. The average molecular weight is 377 g/mol. The number of rotatable bonds is 4. The van der Waals surface area contributed by atoms with Gasteiger partial charge in [0, 0.05) is 11.3 Å². The van der Waals surface area contributed by atoms with Gasteiger partial charge in [-0.1, -0.05) is 36.4 Å². The quantitative estimate of drug-likeness (QED) is 0.679. The summed E-state index contributed by atoms with van der Waals surface area (Å²) in [5.74, 6) is -2.77. The summed E-state index contributed by atoms with van der Waals surface area (Å²) in [6.45, 7) is 1.80. The third kappa shape index (κ3) is 2.70. The average Bonchev–Trinajstić information content (AvgIpc) is 3.31. The first-order valence-electron chi connectivity index (χ1n) is 8.65. The second-order valence-electron chi connectivity index (χ2n) is 6.45. The fourth-order valence-electron chi connectivity index (χ4n) is 3.45. The normalized spacial score (nSPS) is 16.7. The zero-order valence-electron chi connectivity index (χ0n) is 14.9. The molecule has 0 fully saturated rings. The summed E-state index contributed by atoms with van der Waals surface area (Å²) in [5.41, 5.74) is 1.12. The summed E-state index contributed by atoms with van der Waals surface area (Å²) in [6.07, 6.45) is 1.32. The van der Waals surface area contributed by atoms with Crippen LogP contribution in [-0.4, -0.2) is 16.8 Å². The van der Waals surface area contributed by atoms with Crippen LogP contribution in [0.25, 0.3) is 0 Å². The van der Waals surface area contributed by atoms with Gasteiger partial charge < -0.3 is 9.52 Å². The van der Waals surface area contributed by atoms with E-state index in [0.29, 0.717) is 5.69 Å². The minimum absolute atomic E-state index is 0.0395. The van der Waals surface area contributed by atoms with Gasteiger partial charge in [-0.05, 0) is 36.8 Å². The molecule has 1 amide bonds. The highest BCUT2D eigenvalue weighted by atomic mass is 19.1. The second-order valence-corrected chi connectivity index (χ2v) is 6.45. The van der Waals surface area contributed by atoms with E-state index in [1.165, 1.54) is 41.5 Å². The van der Waals surface area contributed by atoms with Gasteiger partial charge in [-0.25, -0.2) is 4.39 Å². The van der Waals surface area contributed by atoms with Gasteiger partial charge in [0.25, 0.3) is 5.91 Å². The van der Waals surface area contributed by atoms with Gasteiger partial charge in [0.05, 0.1) is 17.9 Å². The van der Waals surface area contributed by atoms with E-state index in [4.69, 9.17) is 4.42 Å². The molecule has 4 rings (SSSR count). The van der Waals surface area contributed by atoms with Crippen molar-refractivity contribution in [3.8, 4) is 0 Å². The van der Waals surface area contributed by atoms with Crippen molar-refractivity contribution in [1.29, 1.82) is 0 Å². The molecule has 1 aromatic heterocycles. The lowest BCUT2D eigenvalue weighted by Gasteiger charge is -2.28. The van der Waals surface area contributed by atoms with Crippen LogP contribution in [0, 0.1) is 12.7 Å². The van der Waals surface area contributed by atoms with Crippen molar-refractivity contribution in [2.24, 2.45) is 0 Å². The molecule has 0 bridgehead atoms. The number of anilines is 1. The molecule has 1 atom stereocenters. The maximum absolute atomic E-state index is 14.7. The van der Waals surface area contributed by atoms with Crippen LogP contribution >= 0.6 is 0 Å². The number of Topliss-reactive ketones (excluding diaryl/α,β-unsaturated/α-hetero) is 1. The van der Waals surface area contributed by atoms with Gasteiger partial charge in [-0.2, -0.15) is 0 Å². The number of aliphatic hydroxyl groups excluding tert-OH is 1. The smallest absolute Gasteiger partial charge is 0.294 e. The monoisotopic (exact) mass is 377 g/mol. The van der Waals surface area contributed by atoms with Crippen molar-refractivity contribution in [2.75, 3.05) is 4.90 Å². The minimum Gasteiger partial charge on any atom is -0.503 e. The molecule has 6 heteroatoms. The van der Waals surface area contributed by atoms with E-state index in [-0.39, 0.29) is 16.9 Å². The summed E-state index contributed by atoms with van der Waals surface area (Å²) in [5, 5.41) is 10.6. The van der Waals surface area contributed by atoms with Gasteiger partial charge in [-0.3, -0.25) is 14.5 Å². The Kier molecular flexibility index (Phi) is 4.31. The van der Waals surface area contributed by atoms with Crippen LogP contribution in [0.5, 0.6) is 0 Å². The van der Waals surface area contributed by atoms with E-state index in [1.807, 2.05) is 0 Å². The third-order valence-electron chi connectivity index (χ3n) is 4.77. The standard InChI is InChI=1S/C22H16FNO4/c1-13-7-2-5-10-16(13)24-19(14-8-3-4-9-15(14)23)18(21(26)22(24)27)20(25)17-11-6-12-28-17/h2-12,19,26H,1H3. The highest BCUT2D eigenvalue weighted by Gasteiger charge is 2.46. The SMILES string of the molecule is Cc1ccccc1N1C(=O)C(O)=C(C(=O)c2ccco2)C1c1ccccc1F. The number of carbonyl (C=O) groups is 2. The molecule has 1 unspecified atom stereocenters. The van der Waals surface area contributed by atoms with Crippen LogP contribution in [0.4, 0.5) is 10.1 Å². The first-order chi connectivity index (χ1) is 13.5. The van der Waals surface area contributed by atoms with Crippen LogP contribution in [0.3, 0.4) is 0 Å². The van der Waals surface area contributed by atoms with Crippen molar-refractivity contribution in [3.63, 3.8) is 0 Å².